The highest BCUT2D eigenvalue weighted by Gasteiger charge is 2.24. The average Bonchev–Trinajstić information content (AvgIpc) is 3.29. The minimum atomic E-state index is -0.524. The second-order valence-electron chi connectivity index (χ2n) is 10.9. The first-order chi connectivity index (χ1) is 17.3. The summed E-state index contributed by atoms with van der Waals surface area (Å²) in [4.78, 5) is 39.1. The van der Waals surface area contributed by atoms with Crippen LogP contribution in [0, 0.1) is 0 Å². The van der Waals surface area contributed by atoms with Crippen LogP contribution >= 0.6 is 11.3 Å². The highest BCUT2D eigenvalue weighted by molar-refractivity contribution is 7.12. The summed E-state index contributed by atoms with van der Waals surface area (Å²) < 4.78 is 10.7. The molecule has 0 spiro atoms. The van der Waals surface area contributed by atoms with Gasteiger partial charge in [0.1, 0.15) is 11.2 Å². The first-order valence-electron chi connectivity index (χ1n) is 12.4. The summed E-state index contributed by atoms with van der Waals surface area (Å²) in [6, 6.07) is 9.45. The maximum Gasteiger partial charge on any atom is 0.410 e. The molecule has 2 aromatic rings. The molecule has 0 unspecified atom stereocenters. The van der Waals surface area contributed by atoms with Crippen molar-refractivity contribution in [2.24, 2.45) is 0 Å². The number of carbonyl (C=O) groups excluding carboxylic acids is 3. The van der Waals surface area contributed by atoms with Crippen LogP contribution in [-0.4, -0.2) is 53.8 Å². The van der Waals surface area contributed by atoms with Crippen LogP contribution in [0.3, 0.4) is 0 Å². The van der Waals surface area contributed by atoms with Crippen molar-refractivity contribution in [3.8, 4) is 0 Å². The Morgan fingerprint density at radius 1 is 1.00 bits per heavy atom. The lowest BCUT2D eigenvalue weighted by atomic mass is 10.0. The van der Waals surface area contributed by atoms with Gasteiger partial charge in [0, 0.05) is 25.3 Å². The van der Waals surface area contributed by atoms with Gasteiger partial charge in [0.15, 0.2) is 0 Å². The molecule has 0 fully saturated rings. The van der Waals surface area contributed by atoms with Crippen LogP contribution in [0.15, 0.2) is 41.8 Å². The molecule has 1 aromatic carbocycles. The molecule has 3 rings (SSSR count). The summed E-state index contributed by atoms with van der Waals surface area (Å²) in [6.45, 7) is 12.6. The number of hydrogen-bond acceptors (Lipinski definition) is 6. The number of nitrogens with one attached hydrogen (secondary N) is 2. The van der Waals surface area contributed by atoms with Crippen molar-refractivity contribution < 1.29 is 23.9 Å². The van der Waals surface area contributed by atoms with Crippen molar-refractivity contribution >= 4 is 40.7 Å². The SMILES string of the molecule is CC(C)(C)OC(=O)NCCc1ccc(NC(=O)c2cc(C3=CCN(C(=O)OC(C)(C)C)CC3)cs2)cc1. The summed E-state index contributed by atoms with van der Waals surface area (Å²) in [6.07, 6.45) is 2.64. The molecule has 3 amide bonds. The van der Waals surface area contributed by atoms with Crippen LogP contribution in [0.5, 0.6) is 0 Å². The third-order valence-corrected chi connectivity index (χ3v) is 6.28. The maximum atomic E-state index is 12.8. The number of anilines is 1. The van der Waals surface area contributed by atoms with Gasteiger partial charge in [0.2, 0.25) is 0 Å². The lowest BCUT2D eigenvalue weighted by Gasteiger charge is -2.29. The second-order valence-corrected chi connectivity index (χ2v) is 11.8. The number of benzene rings is 1. The Balaban J connectivity index is 1.49. The van der Waals surface area contributed by atoms with Gasteiger partial charge >= 0.3 is 12.2 Å². The van der Waals surface area contributed by atoms with E-state index < -0.39 is 17.3 Å². The van der Waals surface area contributed by atoms with Crippen molar-refractivity contribution in [3.63, 3.8) is 0 Å². The number of carbonyl (C=O) groups is 3. The minimum Gasteiger partial charge on any atom is -0.444 e. The Labute approximate surface area is 223 Å². The van der Waals surface area contributed by atoms with E-state index in [1.807, 2.05) is 83.3 Å². The molecule has 0 saturated carbocycles. The summed E-state index contributed by atoms with van der Waals surface area (Å²) in [7, 11) is 0. The molecule has 0 atom stereocenters. The monoisotopic (exact) mass is 527 g/mol. The fraction of sp³-hybridized carbons (Fsp3) is 0.464. The van der Waals surface area contributed by atoms with E-state index >= 15 is 0 Å². The molecule has 0 bridgehead atoms. The largest absolute Gasteiger partial charge is 0.444 e. The fourth-order valence-electron chi connectivity index (χ4n) is 3.62. The van der Waals surface area contributed by atoms with E-state index in [0.717, 1.165) is 16.7 Å². The summed E-state index contributed by atoms with van der Waals surface area (Å²) in [5.41, 5.74) is 2.83. The standard InChI is InChI=1S/C28H37N3O5S/c1-27(2,3)35-25(33)29-14-11-19-7-9-22(10-8-19)30-24(32)23-17-21(18-37-23)20-12-15-31(16-13-20)26(34)36-28(4,5)6/h7-10,12,17-18H,11,13-16H2,1-6H3,(H,29,33)(H,30,32). The van der Waals surface area contributed by atoms with E-state index in [9.17, 15) is 14.4 Å². The molecule has 8 nitrogen and oxygen atoms in total. The van der Waals surface area contributed by atoms with Gasteiger partial charge in [-0.3, -0.25) is 4.79 Å². The van der Waals surface area contributed by atoms with Gasteiger partial charge in [-0.25, -0.2) is 9.59 Å². The molecular formula is C28H37N3O5S. The lowest BCUT2D eigenvalue weighted by Crippen LogP contribution is -2.39. The van der Waals surface area contributed by atoms with Crippen molar-refractivity contribution in [1.29, 1.82) is 0 Å². The second kappa shape index (κ2) is 11.8. The Kier molecular flexibility index (Phi) is 9.02. The van der Waals surface area contributed by atoms with Crippen LogP contribution in [0.1, 0.15) is 68.8 Å². The zero-order valence-electron chi connectivity index (χ0n) is 22.5. The van der Waals surface area contributed by atoms with Gasteiger partial charge < -0.3 is 25.0 Å². The van der Waals surface area contributed by atoms with Crippen LogP contribution < -0.4 is 10.6 Å². The van der Waals surface area contributed by atoms with Crippen molar-refractivity contribution in [3.05, 3.63) is 57.8 Å². The summed E-state index contributed by atoms with van der Waals surface area (Å²) >= 11 is 1.40. The quantitative estimate of drug-likeness (QED) is 0.474. The molecule has 1 aliphatic heterocycles. The molecule has 2 N–H and O–H groups in total. The van der Waals surface area contributed by atoms with Gasteiger partial charge in [-0.1, -0.05) is 18.2 Å². The van der Waals surface area contributed by atoms with E-state index in [2.05, 4.69) is 10.6 Å². The van der Waals surface area contributed by atoms with E-state index in [1.165, 1.54) is 11.3 Å². The van der Waals surface area contributed by atoms with E-state index in [1.54, 1.807) is 4.90 Å². The van der Waals surface area contributed by atoms with E-state index in [0.29, 0.717) is 43.0 Å². The molecule has 9 heteroatoms. The molecule has 0 saturated heterocycles. The third kappa shape index (κ3) is 9.24. The normalized spacial score (nSPS) is 14.0. The number of ether oxygens (including phenoxy) is 2. The number of hydrogen-bond donors (Lipinski definition) is 2. The van der Waals surface area contributed by atoms with Crippen molar-refractivity contribution in [2.75, 3.05) is 25.0 Å². The third-order valence-electron chi connectivity index (χ3n) is 5.35. The first kappa shape index (κ1) is 28.2. The van der Waals surface area contributed by atoms with Crippen LogP contribution in [0.4, 0.5) is 15.3 Å². The highest BCUT2D eigenvalue weighted by Crippen LogP contribution is 2.28. The number of thiophene rings is 1. The Bertz CT molecular complexity index is 1140. The average molecular weight is 528 g/mol. The predicted octanol–water partition coefficient (Wildman–Crippen LogP) is 6.09. The van der Waals surface area contributed by atoms with Gasteiger partial charge in [0.25, 0.3) is 5.91 Å². The number of rotatable bonds is 6. The Morgan fingerprint density at radius 3 is 2.27 bits per heavy atom. The van der Waals surface area contributed by atoms with Crippen LogP contribution in [0.2, 0.25) is 0 Å². The zero-order valence-corrected chi connectivity index (χ0v) is 23.3. The highest BCUT2D eigenvalue weighted by atomic mass is 32.1. The van der Waals surface area contributed by atoms with Gasteiger partial charge in [-0.15, -0.1) is 11.3 Å². The molecule has 1 aromatic heterocycles. The molecule has 0 aliphatic carbocycles. The van der Waals surface area contributed by atoms with E-state index in [4.69, 9.17) is 9.47 Å². The minimum absolute atomic E-state index is 0.164. The number of alkyl carbamates (subject to hydrolysis) is 1. The summed E-state index contributed by atoms with van der Waals surface area (Å²) in [5.74, 6) is -0.164. The zero-order chi connectivity index (χ0) is 27.2. The van der Waals surface area contributed by atoms with Crippen molar-refractivity contribution in [2.45, 2.75) is 65.6 Å². The predicted molar refractivity (Wildman–Crippen MR) is 147 cm³/mol. The molecule has 200 valence electrons. The number of nitrogens with zero attached hydrogens (tertiary/aromatic N) is 1. The van der Waals surface area contributed by atoms with Crippen molar-refractivity contribution in [1.82, 2.24) is 10.2 Å². The molecule has 2 heterocycles. The maximum absolute atomic E-state index is 12.8. The summed E-state index contributed by atoms with van der Waals surface area (Å²) in [5, 5.41) is 7.66. The van der Waals surface area contributed by atoms with Gasteiger partial charge in [-0.2, -0.15) is 0 Å². The van der Waals surface area contributed by atoms with E-state index in [-0.39, 0.29) is 12.0 Å². The lowest BCUT2D eigenvalue weighted by molar-refractivity contribution is 0.0270. The molecule has 37 heavy (non-hydrogen) atoms. The Morgan fingerprint density at radius 2 is 1.68 bits per heavy atom. The van der Waals surface area contributed by atoms with Gasteiger partial charge in [0.05, 0.1) is 4.88 Å². The topological polar surface area (TPSA) is 97.0 Å². The van der Waals surface area contributed by atoms with Gasteiger partial charge in [-0.05, 0) is 94.7 Å². The molecule has 0 radical (unpaired) electrons. The fourth-order valence-corrected chi connectivity index (χ4v) is 4.44. The van der Waals surface area contributed by atoms with Crippen LogP contribution in [0.25, 0.3) is 5.57 Å². The number of amides is 3. The molecular weight excluding hydrogens is 490 g/mol. The molecule has 1 aliphatic rings. The van der Waals surface area contributed by atoms with Crippen LogP contribution in [-0.2, 0) is 15.9 Å². The Hall–Kier alpha value is -3.33. The smallest absolute Gasteiger partial charge is 0.410 e. The first-order valence-corrected chi connectivity index (χ1v) is 13.3.